The quantitative estimate of drug-likeness (QED) is 0.156. The SMILES string of the molecule is FC(F)(F)c1ccc2c(c1)c1cc(C(F)(F)F)ccc1n2-c1ccc(-c2nc(-c3ccccc3)nc(-c3ccccc3)n2)c(-c2cccc(-n3c4ccc(C(F)(F)F)cc4c4cc(C(F)(F)F)ccc43)c2C(F)(F)F)c1. The molecule has 0 aliphatic rings. The molecule has 0 unspecified atom stereocenters. The normalized spacial score (nSPS) is 12.9. The number of alkyl halides is 15. The van der Waals surface area contributed by atoms with E-state index in [0.717, 1.165) is 41.0 Å². The van der Waals surface area contributed by atoms with Crippen molar-refractivity contribution in [1.82, 2.24) is 24.1 Å². The summed E-state index contributed by atoms with van der Waals surface area (Å²) in [6, 6.07) is 32.7. The molecule has 5 nitrogen and oxygen atoms in total. The molecule has 0 spiro atoms. The van der Waals surface area contributed by atoms with Crippen LogP contribution in [-0.4, -0.2) is 24.1 Å². The topological polar surface area (TPSA) is 48.5 Å². The molecule has 0 saturated heterocycles. The molecule has 0 fully saturated rings. The summed E-state index contributed by atoms with van der Waals surface area (Å²) < 4.78 is 222. The van der Waals surface area contributed by atoms with Gasteiger partial charge in [-0.3, -0.25) is 0 Å². The van der Waals surface area contributed by atoms with Gasteiger partial charge in [-0.05, 0) is 108 Å². The molecular formula is C56H28F15N5. The van der Waals surface area contributed by atoms with Gasteiger partial charge in [-0.1, -0.05) is 72.8 Å². The molecule has 3 aromatic heterocycles. The predicted octanol–water partition coefficient (Wildman–Crippen LogP) is 17.8. The van der Waals surface area contributed by atoms with E-state index < -0.39 is 80.7 Å². The number of halogens is 15. The van der Waals surface area contributed by atoms with Crippen molar-refractivity contribution in [2.45, 2.75) is 30.9 Å². The minimum absolute atomic E-state index is 0.0642. The van der Waals surface area contributed by atoms with Gasteiger partial charge in [0.05, 0.1) is 55.6 Å². The Bertz CT molecular complexity index is 3890. The fourth-order valence-corrected chi connectivity index (χ4v) is 9.56. The Kier molecular flexibility index (Phi) is 11.4. The molecule has 3 heterocycles. The zero-order chi connectivity index (χ0) is 53.9. The maximum absolute atomic E-state index is 16.5. The number of hydrogen-bond acceptors (Lipinski definition) is 3. The summed E-state index contributed by atoms with van der Waals surface area (Å²) in [7, 11) is 0. The molecule has 0 aliphatic carbocycles. The van der Waals surface area contributed by atoms with E-state index in [1.54, 1.807) is 60.7 Å². The second kappa shape index (κ2) is 17.5. The van der Waals surface area contributed by atoms with Crippen molar-refractivity contribution in [2.24, 2.45) is 0 Å². The van der Waals surface area contributed by atoms with Crippen LogP contribution in [0.4, 0.5) is 65.9 Å². The molecule has 0 atom stereocenters. The van der Waals surface area contributed by atoms with E-state index >= 15 is 13.2 Å². The Hall–Kier alpha value is -8.68. The summed E-state index contributed by atoms with van der Waals surface area (Å²) in [4.78, 5) is 14.1. The van der Waals surface area contributed by atoms with Gasteiger partial charge in [0.1, 0.15) is 0 Å². The molecule has 0 saturated carbocycles. The number of nitrogens with zero attached hydrogens (tertiary/aromatic N) is 5. The lowest BCUT2D eigenvalue weighted by atomic mass is 9.92. The van der Waals surface area contributed by atoms with Gasteiger partial charge in [-0.15, -0.1) is 0 Å². The van der Waals surface area contributed by atoms with Crippen molar-refractivity contribution < 1.29 is 65.9 Å². The molecule has 0 amide bonds. The summed E-state index contributed by atoms with van der Waals surface area (Å²) >= 11 is 0. The first-order chi connectivity index (χ1) is 35.8. The number of hydrogen-bond donors (Lipinski definition) is 0. The summed E-state index contributed by atoms with van der Waals surface area (Å²) in [5.74, 6) is -0.0837. The maximum atomic E-state index is 16.5. The Morgan fingerprint density at radius 1 is 0.289 bits per heavy atom. The zero-order valence-electron chi connectivity index (χ0n) is 38.1. The second-order valence-corrected chi connectivity index (χ2v) is 17.6. The van der Waals surface area contributed by atoms with E-state index in [1.165, 1.54) is 28.8 Å². The number of fused-ring (bicyclic) bond motifs is 6. The van der Waals surface area contributed by atoms with Crippen molar-refractivity contribution in [1.29, 1.82) is 0 Å². The standard InChI is InChI=1S/C56H28F15N5/c57-52(58,59)31-14-20-43-39(24-31)40-25-32(53(60,61)62)15-21-44(40)75(43)35-18-19-37(51-73-49(29-8-3-1-4-9-29)72-50(74-51)30-10-5-2-6-11-30)38(28-35)36-12-7-13-47(48(36)56(69,70)71)76-45-22-16-33(54(63,64)65)26-41(45)42-27-34(55(66,67)68)17-23-46(42)76/h1-28H. The van der Waals surface area contributed by atoms with E-state index in [9.17, 15) is 52.7 Å². The maximum Gasteiger partial charge on any atom is 0.419 e. The van der Waals surface area contributed by atoms with Crippen molar-refractivity contribution in [3.63, 3.8) is 0 Å². The molecule has 8 aromatic carbocycles. The van der Waals surface area contributed by atoms with Crippen LogP contribution in [0.25, 0.3) is 100 Å². The van der Waals surface area contributed by atoms with Crippen molar-refractivity contribution in [3.8, 4) is 56.7 Å². The van der Waals surface area contributed by atoms with Crippen molar-refractivity contribution in [3.05, 3.63) is 198 Å². The molecule has 0 bridgehead atoms. The first-order valence-electron chi connectivity index (χ1n) is 22.5. The minimum Gasteiger partial charge on any atom is -0.309 e. The van der Waals surface area contributed by atoms with Gasteiger partial charge in [-0.2, -0.15) is 65.9 Å². The van der Waals surface area contributed by atoms with Gasteiger partial charge in [0.25, 0.3) is 0 Å². The van der Waals surface area contributed by atoms with Gasteiger partial charge < -0.3 is 9.13 Å². The van der Waals surface area contributed by atoms with Crippen molar-refractivity contribution >= 4 is 43.6 Å². The Labute approximate surface area is 417 Å². The highest BCUT2D eigenvalue weighted by Crippen LogP contribution is 2.49. The predicted molar refractivity (Wildman–Crippen MR) is 255 cm³/mol. The Morgan fingerprint density at radius 3 is 1.05 bits per heavy atom. The first-order valence-corrected chi connectivity index (χ1v) is 22.5. The Balaban J connectivity index is 1.25. The third-order valence-corrected chi connectivity index (χ3v) is 12.9. The highest BCUT2D eigenvalue weighted by molar-refractivity contribution is 6.11. The molecule has 0 N–H and O–H groups in total. The molecule has 0 aliphatic heterocycles. The highest BCUT2D eigenvalue weighted by Gasteiger charge is 2.40. The van der Waals surface area contributed by atoms with Gasteiger partial charge >= 0.3 is 30.9 Å². The molecule has 11 aromatic rings. The molecule has 0 radical (unpaired) electrons. The fourth-order valence-electron chi connectivity index (χ4n) is 9.56. The Morgan fingerprint density at radius 2 is 0.671 bits per heavy atom. The molecular weight excluding hydrogens is 1030 g/mol. The van der Waals surface area contributed by atoms with Gasteiger partial charge in [0.15, 0.2) is 17.5 Å². The average Bonchev–Trinajstić information content (AvgIpc) is 3.91. The van der Waals surface area contributed by atoms with Crippen LogP contribution in [0.5, 0.6) is 0 Å². The lowest BCUT2D eigenvalue weighted by Crippen LogP contribution is -2.13. The van der Waals surface area contributed by atoms with Crippen LogP contribution < -0.4 is 0 Å². The van der Waals surface area contributed by atoms with Crippen molar-refractivity contribution in [2.75, 3.05) is 0 Å². The van der Waals surface area contributed by atoms with Crippen LogP contribution in [0, 0.1) is 0 Å². The lowest BCUT2D eigenvalue weighted by Gasteiger charge is -2.22. The third-order valence-electron chi connectivity index (χ3n) is 12.9. The van der Waals surface area contributed by atoms with Crippen LogP contribution >= 0.6 is 0 Å². The van der Waals surface area contributed by atoms with Crippen LogP contribution in [0.3, 0.4) is 0 Å². The fraction of sp³-hybridized carbons (Fsp3) is 0.0893. The monoisotopic (exact) mass is 1060 g/mol. The largest absolute Gasteiger partial charge is 0.419 e. The van der Waals surface area contributed by atoms with Gasteiger partial charge in [0, 0.05) is 43.9 Å². The van der Waals surface area contributed by atoms with Gasteiger partial charge in [0.2, 0.25) is 0 Å². The van der Waals surface area contributed by atoms with E-state index in [1.807, 2.05) is 0 Å². The second-order valence-electron chi connectivity index (χ2n) is 17.6. The van der Waals surface area contributed by atoms with Crippen LogP contribution in [-0.2, 0) is 30.9 Å². The summed E-state index contributed by atoms with van der Waals surface area (Å²) in [6.07, 6.45) is -25.3. The number of aromatic nitrogens is 5. The summed E-state index contributed by atoms with van der Waals surface area (Å²) in [5, 5.41) is -1.49. The van der Waals surface area contributed by atoms with E-state index in [2.05, 4.69) is 4.98 Å². The van der Waals surface area contributed by atoms with E-state index in [-0.39, 0.29) is 67.1 Å². The molecule has 382 valence electrons. The van der Waals surface area contributed by atoms with Crippen LogP contribution in [0.1, 0.15) is 27.8 Å². The third kappa shape index (κ3) is 8.69. The summed E-state index contributed by atoms with van der Waals surface area (Å²) in [5.41, 5.74) is -8.29. The summed E-state index contributed by atoms with van der Waals surface area (Å²) in [6.45, 7) is 0. The first kappa shape index (κ1) is 49.5. The zero-order valence-corrected chi connectivity index (χ0v) is 38.1. The smallest absolute Gasteiger partial charge is 0.309 e. The van der Waals surface area contributed by atoms with Crippen LogP contribution in [0.2, 0.25) is 0 Å². The van der Waals surface area contributed by atoms with E-state index in [4.69, 9.17) is 9.97 Å². The molecule has 11 rings (SSSR count). The van der Waals surface area contributed by atoms with Gasteiger partial charge in [-0.25, -0.2) is 15.0 Å². The molecule has 20 heteroatoms. The average molecular weight is 1060 g/mol. The lowest BCUT2D eigenvalue weighted by molar-refractivity contribution is -0.138. The van der Waals surface area contributed by atoms with E-state index in [0.29, 0.717) is 59.7 Å². The highest BCUT2D eigenvalue weighted by atomic mass is 19.4. The molecule has 76 heavy (non-hydrogen) atoms. The number of benzene rings is 8. The minimum atomic E-state index is -5.40. The number of rotatable bonds is 6. The van der Waals surface area contributed by atoms with Crippen LogP contribution in [0.15, 0.2) is 170 Å².